The number of halogens is 3. The molecule has 41 heavy (non-hydrogen) atoms. The number of hydrogen-bond donors (Lipinski definition) is 1. The first-order chi connectivity index (χ1) is 19.4. The number of benzene rings is 2. The number of likely N-dealkylation sites (tertiary alicyclic amines) is 1. The Morgan fingerprint density at radius 3 is 2.44 bits per heavy atom. The van der Waals surface area contributed by atoms with Gasteiger partial charge in [-0.3, -0.25) is 24.1 Å². The third-order valence-electron chi connectivity index (χ3n) is 8.38. The maximum absolute atomic E-state index is 13.8. The smallest absolute Gasteiger partial charge is 0.508 e. The number of amides is 2. The van der Waals surface area contributed by atoms with E-state index in [-0.39, 0.29) is 47.6 Å². The maximum atomic E-state index is 13.8. The summed E-state index contributed by atoms with van der Waals surface area (Å²) in [6.45, 7) is 1.56. The van der Waals surface area contributed by atoms with Crippen molar-refractivity contribution >= 4 is 23.4 Å². The molecule has 2 amide bonds. The number of carbonyl (C=O) groups excluding carboxylic acids is 4. The number of phenolic OH excluding ortho intramolecular Hbond substituents is 1. The average molecular weight is 564 g/mol. The van der Waals surface area contributed by atoms with Crippen molar-refractivity contribution in [2.24, 2.45) is 17.8 Å². The second-order valence-corrected chi connectivity index (χ2v) is 10.7. The second-order valence-electron chi connectivity index (χ2n) is 10.7. The van der Waals surface area contributed by atoms with Gasteiger partial charge >= 0.3 is 6.36 Å². The number of aromatic hydroxyl groups is 1. The fourth-order valence-electron chi connectivity index (χ4n) is 6.66. The molecule has 0 aromatic heterocycles. The molecular formula is C31H24F3NO6. The lowest BCUT2D eigenvalue weighted by Crippen LogP contribution is -2.39. The highest BCUT2D eigenvalue weighted by Gasteiger charge is 2.56. The first-order valence-electron chi connectivity index (χ1n) is 13.1. The topological polar surface area (TPSA) is 101 Å². The molecule has 0 unspecified atom stereocenters. The molecule has 4 aliphatic rings. The summed E-state index contributed by atoms with van der Waals surface area (Å²) < 4.78 is 43.2. The van der Waals surface area contributed by atoms with Crippen LogP contribution in [0.1, 0.15) is 36.8 Å². The molecule has 3 aliphatic carbocycles. The Hall–Kier alpha value is -4.47. The highest BCUT2D eigenvalue weighted by Crippen LogP contribution is 2.56. The number of ketones is 2. The Kier molecular flexibility index (Phi) is 6.24. The minimum absolute atomic E-state index is 0.0187. The first-order valence-corrected chi connectivity index (χ1v) is 13.1. The molecule has 1 N–H and O–H groups in total. The van der Waals surface area contributed by atoms with Gasteiger partial charge in [0.2, 0.25) is 11.8 Å². The maximum Gasteiger partial charge on any atom is 0.573 e. The molecule has 210 valence electrons. The molecule has 10 heteroatoms. The summed E-state index contributed by atoms with van der Waals surface area (Å²) in [7, 11) is 0. The Morgan fingerprint density at radius 1 is 1.00 bits per heavy atom. The summed E-state index contributed by atoms with van der Waals surface area (Å²) >= 11 is 0. The van der Waals surface area contributed by atoms with Gasteiger partial charge in [0.25, 0.3) is 0 Å². The Bertz CT molecular complexity index is 1600. The number of hydrogen-bond acceptors (Lipinski definition) is 6. The summed E-state index contributed by atoms with van der Waals surface area (Å²) in [5.74, 6) is -5.92. The van der Waals surface area contributed by atoms with Crippen LogP contribution in [0.2, 0.25) is 0 Å². The van der Waals surface area contributed by atoms with Crippen LogP contribution in [0.5, 0.6) is 11.5 Å². The van der Waals surface area contributed by atoms with Crippen molar-refractivity contribution < 1.29 is 42.2 Å². The summed E-state index contributed by atoms with van der Waals surface area (Å²) in [4.78, 5) is 55.1. The van der Waals surface area contributed by atoms with Crippen molar-refractivity contribution in [2.75, 3.05) is 0 Å². The highest BCUT2D eigenvalue weighted by atomic mass is 19.4. The van der Waals surface area contributed by atoms with Crippen LogP contribution >= 0.6 is 0 Å². The fraction of sp³-hybridized carbons (Fsp3) is 0.290. The van der Waals surface area contributed by atoms with E-state index in [4.69, 9.17) is 0 Å². The van der Waals surface area contributed by atoms with E-state index in [0.717, 1.165) is 23.8 Å². The van der Waals surface area contributed by atoms with Crippen LogP contribution in [-0.4, -0.2) is 39.7 Å². The Balaban J connectivity index is 1.46. The average Bonchev–Trinajstić information content (AvgIpc) is 3.16. The van der Waals surface area contributed by atoms with Gasteiger partial charge in [-0.25, -0.2) is 0 Å². The van der Waals surface area contributed by atoms with E-state index in [1.165, 1.54) is 17.9 Å². The molecular weight excluding hydrogens is 539 g/mol. The van der Waals surface area contributed by atoms with Crippen LogP contribution < -0.4 is 4.74 Å². The van der Waals surface area contributed by atoms with Crippen molar-refractivity contribution in [1.82, 2.24) is 4.90 Å². The van der Waals surface area contributed by atoms with Gasteiger partial charge in [-0.05, 0) is 55.5 Å². The number of allylic oxidation sites excluding steroid dienone is 6. The number of imide groups is 1. The van der Waals surface area contributed by atoms with E-state index in [2.05, 4.69) is 4.74 Å². The number of nitrogens with zero attached hydrogens (tertiary/aromatic N) is 1. The number of Topliss-reactive ketones (excluding diaryl/α,β-unsaturated/α-hetero) is 1. The van der Waals surface area contributed by atoms with Crippen LogP contribution in [-0.2, 0) is 25.7 Å². The molecule has 0 radical (unpaired) electrons. The number of alkyl halides is 3. The largest absolute Gasteiger partial charge is 0.573 e. The number of carbonyl (C=O) groups is 4. The van der Waals surface area contributed by atoms with Crippen LogP contribution in [0.25, 0.3) is 0 Å². The van der Waals surface area contributed by atoms with Crippen molar-refractivity contribution in [2.45, 2.75) is 38.6 Å². The zero-order chi connectivity index (χ0) is 29.2. The molecule has 1 fully saturated rings. The first kappa shape index (κ1) is 26.7. The molecule has 1 aliphatic heterocycles. The van der Waals surface area contributed by atoms with E-state index in [1.807, 2.05) is 6.07 Å². The van der Waals surface area contributed by atoms with Gasteiger partial charge in [-0.15, -0.1) is 13.2 Å². The van der Waals surface area contributed by atoms with Crippen molar-refractivity contribution in [3.63, 3.8) is 0 Å². The zero-order valence-electron chi connectivity index (χ0n) is 21.8. The molecule has 1 heterocycles. The van der Waals surface area contributed by atoms with E-state index in [0.29, 0.717) is 5.57 Å². The molecule has 2 aromatic rings. The quantitative estimate of drug-likeness (QED) is 0.322. The summed E-state index contributed by atoms with van der Waals surface area (Å²) in [5.41, 5.74) is 1.60. The van der Waals surface area contributed by atoms with Crippen molar-refractivity contribution in [1.29, 1.82) is 0 Å². The molecule has 6 rings (SSSR count). The van der Waals surface area contributed by atoms with Crippen molar-refractivity contribution in [3.8, 4) is 11.5 Å². The monoisotopic (exact) mass is 563 g/mol. The van der Waals surface area contributed by atoms with Gasteiger partial charge in [0.05, 0.1) is 18.4 Å². The lowest BCUT2D eigenvalue weighted by Gasteiger charge is -2.42. The van der Waals surface area contributed by atoms with Crippen LogP contribution in [0.3, 0.4) is 0 Å². The Morgan fingerprint density at radius 2 is 1.73 bits per heavy atom. The third-order valence-corrected chi connectivity index (χ3v) is 8.38. The predicted molar refractivity (Wildman–Crippen MR) is 138 cm³/mol. The number of phenols is 1. The summed E-state index contributed by atoms with van der Waals surface area (Å²) in [5, 5.41) is 10.8. The molecule has 0 bridgehead atoms. The van der Waals surface area contributed by atoms with Gasteiger partial charge in [0.1, 0.15) is 11.5 Å². The standard InChI is InChI=1S/C31H24F3NO6/c1-15-11-24(37)22-13-20-18(8-9-19-26(20)30(40)35(29(19)39)14-16-5-3-2-4-6-16)25(27(22)28(15)38)21-12-17(7-10-23(21)36)41-31(32,33)34/h2-8,10-12,19-20,25-26,36H,9,13-14H2,1H3/t19-,20+,25+,26-/m0/s1. The van der Waals surface area contributed by atoms with Gasteiger partial charge in [-0.2, -0.15) is 0 Å². The van der Waals surface area contributed by atoms with Crippen molar-refractivity contribution in [3.05, 3.63) is 94.1 Å². The SMILES string of the molecule is CC1=CC(=O)C2=C(C1=O)[C@@H](c1cc(OC(F)(F)F)ccc1O)C1=CC[C@@H]3C(=O)N(Cc4ccccc4)C(=O)[C@@H]3[C@@H]1C2. The van der Waals surface area contributed by atoms with Crippen LogP contribution in [0.4, 0.5) is 13.2 Å². The van der Waals surface area contributed by atoms with E-state index in [9.17, 15) is 37.5 Å². The minimum Gasteiger partial charge on any atom is -0.508 e. The molecule has 0 saturated carbocycles. The number of ether oxygens (including phenoxy) is 1. The summed E-state index contributed by atoms with van der Waals surface area (Å²) in [6, 6.07) is 12.0. The van der Waals surface area contributed by atoms with E-state index >= 15 is 0 Å². The molecule has 0 spiro atoms. The predicted octanol–water partition coefficient (Wildman–Crippen LogP) is 4.92. The van der Waals surface area contributed by atoms with Gasteiger partial charge in [-0.1, -0.05) is 42.0 Å². The third kappa shape index (κ3) is 4.47. The lowest BCUT2D eigenvalue weighted by molar-refractivity contribution is -0.274. The van der Waals surface area contributed by atoms with Gasteiger partial charge in [0.15, 0.2) is 11.6 Å². The fourth-order valence-corrected chi connectivity index (χ4v) is 6.66. The Labute approximate surface area is 232 Å². The normalized spacial score (nSPS) is 25.9. The lowest BCUT2D eigenvalue weighted by atomic mass is 9.59. The highest BCUT2D eigenvalue weighted by molar-refractivity contribution is 6.24. The molecule has 1 saturated heterocycles. The second kappa shape index (κ2) is 9.57. The van der Waals surface area contributed by atoms with Crippen LogP contribution in [0, 0.1) is 17.8 Å². The molecule has 4 atom stereocenters. The van der Waals surface area contributed by atoms with Gasteiger partial charge < -0.3 is 9.84 Å². The molecule has 7 nitrogen and oxygen atoms in total. The van der Waals surface area contributed by atoms with Crippen LogP contribution in [0.15, 0.2) is 83.0 Å². The summed E-state index contributed by atoms with van der Waals surface area (Å²) in [6.07, 6.45) is -1.87. The minimum atomic E-state index is -5.00. The van der Waals surface area contributed by atoms with E-state index < -0.39 is 59.0 Å². The number of fused-ring (bicyclic) bond motifs is 3. The zero-order valence-corrected chi connectivity index (χ0v) is 21.8. The van der Waals surface area contributed by atoms with Gasteiger partial charge in [0, 0.05) is 28.2 Å². The number of rotatable bonds is 4. The molecule has 2 aromatic carbocycles. The van der Waals surface area contributed by atoms with E-state index in [1.54, 1.807) is 30.3 Å².